The van der Waals surface area contributed by atoms with Crippen molar-refractivity contribution >= 4 is 23.3 Å². The Labute approximate surface area is 201 Å². The third kappa shape index (κ3) is 5.98. The molecule has 0 fully saturated rings. The van der Waals surface area contributed by atoms with E-state index in [1.807, 2.05) is 48.5 Å². The molecule has 0 saturated heterocycles. The molecule has 0 spiro atoms. The summed E-state index contributed by atoms with van der Waals surface area (Å²) in [5.41, 5.74) is 11.5. The van der Waals surface area contributed by atoms with Gasteiger partial charge < -0.3 is 11.1 Å². The number of carbonyl (C=O) groups is 3. The van der Waals surface area contributed by atoms with E-state index in [9.17, 15) is 14.4 Å². The average molecular weight is 457 g/mol. The normalized spacial score (nSPS) is 11.0. The zero-order chi connectivity index (χ0) is 24.8. The molecule has 0 aromatic heterocycles. The third-order valence-electron chi connectivity index (χ3n) is 5.80. The predicted molar refractivity (Wildman–Crippen MR) is 137 cm³/mol. The summed E-state index contributed by atoms with van der Waals surface area (Å²) in [6, 6.07) is 21.1. The average Bonchev–Trinajstić information content (AvgIpc) is 2.79. The number of nitrogens with one attached hydrogen (secondary N) is 1. The Bertz CT molecular complexity index is 1170. The highest BCUT2D eigenvalue weighted by atomic mass is 16.2. The summed E-state index contributed by atoms with van der Waals surface area (Å²) in [4.78, 5) is 36.6. The van der Waals surface area contributed by atoms with Crippen molar-refractivity contribution in [1.29, 1.82) is 0 Å². The molecule has 5 heteroatoms. The number of Topliss-reactive ketones (excluding diaryl/α,β-unsaturated/α-hetero) is 1. The fourth-order valence-electron chi connectivity index (χ4n) is 4.14. The van der Waals surface area contributed by atoms with E-state index < -0.39 is 18.2 Å². The van der Waals surface area contributed by atoms with Gasteiger partial charge in [0.15, 0.2) is 5.78 Å². The van der Waals surface area contributed by atoms with Crippen molar-refractivity contribution in [3.05, 3.63) is 89.0 Å². The molecule has 34 heavy (non-hydrogen) atoms. The number of hydrogen-bond acceptors (Lipinski definition) is 3. The van der Waals surface area contributed by atoms with E-state index in [2.05, 4.69) is 51.2 Å². The Balaban J connectivity index is 2.14. The molecule has 5 nitrogen and oxygen atoms in total. The number of amides is 2. The first kappa shape index (κ1) is 24.9. The summed E-state index contributed by atoms with van der Waals surface area (Å²) in [5, 5.41) is 2.86. The summed E-state index contributed by atoms with van der Waals surface area (Å²) in [5.74, 6) is -0.627. The van der Waals surface area contributed by atoms with Gasteiger partial charge in [-0.1, -0.05) is 82.3 Å². The Morgan fingerprint density at radius 1 is 0.824 bits per heavy atom. The SMILES string of the molecule is CC(C)c1cccc(C(C)C)c1-c1cc(CC(=O)c2ccccc2)ccc1NC(=O)CC(N)=O. The number of rotatable bonds is 9. The number of anilines is 1. The number of carbonyl (C=O) groups excluding carboxylic acids is 3. The first-order valence-corrected chi connectivity index (χ1v) is 11.6. The summed E-state index contributed by atoms with van der Waals surface area (Å²) in [7, 11) is 0. The van der Waals surface area contributed by atoms with Gasteiger partial charge in [0.2, 0.25) is 11.8 Å². The lowest BCUT2D eigenvalue weighted by Crippen LogP contribution is -2.22. The highest BCUT2D eigenvalue weighted by molar-refractivity contribution is 6.05. The molecule has 176 valence electrons. The highest BCUT2D eigenvalue weighted by Gasteiger charge is 2.20. The Morgan fingerprint density at radius 2 is 1.44 bits per heavy atom. The zero-order valence-electron chi connectivity index (χ0n) is 20.2. The van der Waals surface area contributed by atoms with Crippen LogP contribution in [-0.4, -0.2) is 17.6 Å². The minimum atomic E-state index is -0.686. The van der Waals surface area contributed by atoms with Crippen molar-refractivity contribution in [3.63, 3.8) is 0 Å². The predicted octanol–water partition coefficient (Wildman–Crippen LogP) is 5.84. The molecule has 0 saturated carbocycles. The minimum Gasteiger partial charge on any atom is -0.369 e. The second-order valence-corrected chi connectivity index (χ2v) is 9.16. The summed E-state index contributed by atoms with van der Waals surface area (Å²) in [6.45, 7) is 8.54. The molecule has 3 N–H and O–H groups in total. The van der Waals surface area contributed by atoms with Crippen molar-refractivity contribution in [1.82, 2.24) is 0 Å². The maximum absolute atomic E-state index is 12.9. The molecule has 0 atom stereocenters. The molecule has 3 rings (SSSR count). The van der Waals surface area contributed by atoms with Gasteiger partial charge in [-0.2, -0.15) is 0 Å². The van der Waals surface area contributed by atoms with E-state index >= 15 is 0 Å². The van der Waals surface area contributed by atoms with Gasteiger partial charge in [0.25, 0.3) is 0 Å². The molecular weight excluding hydrogens is 424 g/mol. The van der Waals surface area contributed by atoms with Gasteiger partial charge in [-0.3, -0.25) is 14.4 Å². The number of hydrogen-bond donors (Lipinski definition) is 2. The molecule has 3 aromatic carbocycles. The van der Waals surface area contributed by atoms with Gasteiger partial charge in [-0.15, -0.1) is 0 Å². The second-order valence-electron chi connectivity index (χ2n) is 9.16. The van der Waals surface area contributed by atoms with Crippen molar-refractivity contribution in [3.8, 4) is 11.1 Å². The number of ketones is 1. The fourth-order valence-corrected chi connectivity index (χ4v) is 4.14. The molecule has 0 aliphatic carbocycles. The monoisotopic (exact) mass is 456 g/mol. The maximum Gasteiger partial charge on any atom is 0.233 e. The molecule has 0 heterocycles. The van der Waals surface area contributed by atoms with Gasteiger partial charge in [0.1, 0.15) is 6.42 Å². The quantitative estimate of drug-likeness (QED) is 0.313. The van der Waals surface area contributed by atoms with Crippen LogP contribution in [0.15, 0.2) is 66.7 Å². The van der Waals surface area contributed by atoms with Crippen LogP contribution in [0.25, 0.3) is 11.1 Å². The largest absolute Gasteiger partial charge is 0.369 e. The molecule has 0 bridgehead atoms. The van der Waals surface area contributed by atoms with Gasteiger partial charge in [0.05, 0.1) is 0 Å². The van der Waals surface area contributed by atoms with E-state index in [0.717, 1.165) is 27.8 Å². The van der Waals surface area contributed by atoms with Crippen LogP contribution < -0.4 is 11.1 Å². The third-order valence-corrected chi connectivity index (χ3v) is 5.80. The number of benzene rings is 3. The van der Waals surface area contributed by atoms with E-state index in [1.165, 1.54) is 0 Å². The smallest absolute Gasteiger partial charge is 0.233 e. The van der Waals surface area contributed by atoms with E-state index in [0.29, 0.717) is 11.3 Å². The summed E-state index contributed by atoms with van der Waals surface area (Å²) < 4.78 is 0. The van der Waals surface area contributed by atoms with Crippen molar-refractivity contribution in [2.45, 2.75) is 52.4 Å². The summed E-state index contributed by atoms with van der Waals surface area (Å²) >= 11 is 0. The zero-order valence-corrected chi connectivity index (χ0v) is 20.2. The molecule has 3 aromatic rings. The van der Waals surface area contributed by atoms with Crippen molar-refractivity contribution < 1.29 is 14.4 Å². The topological polar surface area (TPSA) is 89.3 Å². The Morgan fingerprint density at radius 3 is 2.00 bits per heavy atom. The second kappa shape index (κ2) is 10.9. The van der Waals surface area contributed by atoms with Crippen LogP contribution in [-0.2, 0) is 16.0 Å². The van der Waals surface area contributed by atoms with Crippen LogP contribution in [0.3, 0.4) is 0 Å². The van der Waals surface area contributed by atoms with Crippen LogP contribution in [0.2, 0.25) is 0 Å². The molecular formula is C29H32N2O3. The van der Waals surface area contributed by atoms with Gasteiger partial charge in [-0.25, -0.2) is 0 Å². The number of primary amides is 1. The lowest BCUT2D eigenvalue weighted by Gasteiger charge is -2.23. The van der Waals surface area contributed by atoms with E-state index in [4.69, 9.17) is 5.73 Å². The Kier molecular flexibility index (Phi) is 8.00. The standard InChI is InChI=1S/C29H32N2O3/c1-18(2)22-11-8-12-23(19(3)4)29(22)24-15-20(16-26(32)21-9-6-5-7-10-21)13-14-25(24)31-28(34)17-27(30)33/h5-15,18-19H,16-17H2,1-4H3,(H2,30,33)(H,31,34). The Hall–Kier alpha value is -3.73. The van der Waals surface area contributed by atoms with Gasteiger partial charge >= 0.3 is 0 Å². The van der Waals surface area contributed by atoms with Crippen LogP contribution in [0.5, 0.6) is 0 Å². The number of nitrogens with two attached hydrogens (primary N) is 1. The van der Waals surface area contributed by atoms with Crippen molar-refractivity contribution in [2.75, 3.05) is 5.32 Å². The molecule has 0 radical (unpaired) electrons. The van der Waals surface area contributed by atoms with Gasteiger partial charge in [0, 0.05) is 23.2 Å². The molecule has 0 aliphatic heterocycles. The first-order valence-electron chi connectivity index (χ1n) is 11.6. The van der Waals surface area contributed by atoms with Crippen LogP contribution >= 0.6 is 0 Å². The minimum absolute atomic E-state index is 0.0262. The van der Waals surface area contributed by atoms with Crippen molar-refractivity contribution in [2.24, 2.45) is 5.73 Å². The molecule has 0 aliphatic rings. The van der Waals surface area contributed by atoms with E-state index in [-0.39, 0.29) is 24.0 Å². The van der Waals surface area contributed by atoms with Crippen LogP contribution in [0.4, 0.5) is 5.69 Å². The highest BCUT2D eigenvalue weighted by Crippen LogP contribution is 2.40. The maximum atomic E-state index is 12.9. The van der Waals surface area contributed by atoms with Crippen LogP contribution in [0.1, 0.15) is 73.0 Å². The first-order chi connectivity index (χ1) is 16.2. The summed E-state index contributed by atoms with van der Waals surface area (Å²) in [6.07, 6.45) is -0.149. The lowest BCUT2D eigenvalue weighted by atomic mass is 9.83. The van der Waals surface area contributed by atoms with Crippen LogP contribution in [0, 0.1) is 0 Å². The lowest BCUT2D eigenvalue weighted by molar-refractivity contribution is -0.124. The van der Waals surface area contributed by atoms with Gasteiger partial charge in [-0.05, 0) is 46.2 Å². The molecule has 0 unspecified atom stereocenters. The fraction of sp³-hybridized carbons (Fsp3) is 0.276. The van der Waals surface area contributed by atoms with E-state index in [1.54, 1.807) is 0 Å². The molecule has 2 amide bonds.